The molecule has 0 amide bonds. The van der Waals surface area contributed by atoms with Gasteiger partial charge in [0.2, 0.25) is 0 Å². The van der Waals surface area contributed by atoms with Gasteiger partial charge in [-0.05, 0) is 44.4 Å². The third kappa shape index (κ3) is 5.71. The number of guanidine groups is 1. The molecule has 0 heterocycles. The Morgan fingerprint density at radius 3 is 2.56 bits per heavy atom. The molecule has 1 aliphatic carbocycles. The second-order valence-corrected chi connectivity index (χ2v) is 5.61. The van der Waals surface area contributed by atoms with E-state index >= 15 is 0 Å². The summed E-state index contributed by atoms with van der Waals surface area (Å²) >= 11 is 0. The van der Waals surface area contributed by atoms with E-state index in [0.717, 1.165) is 18.4 Å². The van der Waals surface area contributed by atoms with Crippen LogP contribution < -0.4 is 10.6 Å². The second kappa shape index (κ2) is 8.35. The largest absolute Gasteiger partial charge is 0.396 e. The van der Waals surface area contributed by atoms with E-state index in [9.17, 15) is 0 Å². The smallest absolute Gasteiger partial charge is 0.191 e. The third-order valence-corrected chi connectivity index (χ3v) is 3.57. The molecule has 18 heavy (non-hydrogen) atoms. The fraction of sp³-hybridized carbons (Fsp3) is 0.929. The van der Waals surface area contributed by atoms with E-state index in [1.165, 1.54) is 25.7 Å². The van der Waals surface area contributed by atoms with Gasteiger partial charge < -0.3 is 15.7 Å². The third-order valence-electron chi connectivity index (χ3n) is 3.57. The van der Waals surface area contributed by atoms with Crippen molar-refractivity contribution in [3.8, 4) is 0 Å². The average molecular weight is 255 g/mol. The minimum atomic E-state index is 0.198. The van der Waals surface area contributed by atoms with E-state index in [0.29, 0.717) is 12.6 Å². The number of nitrogens with one attached hydrogen (secondary N) is 2. The van der Waals surface area contributed by atoms with Gasteiger partial charge in [0, 0.05) is 25.7 Å². The zero-order valence-electron chi connectivity index (χ0n) is 12.1. The van der Waals surface area contributed by atoms with E-state index in [-0.39, 0.29) is 12.5 Å². The van der Waals surface area contributed by atoms with Gasteiger partial charge in [-0.1, -0.05) is 13.8 Å². The molecule has 0 aliphatic heterocycles. The van der Waals surface area contributed by atoms with Gasteiger partial charge in [-0.3, -0.25) is 4.99 Å². The first kappa shape index (κ1) is 15.3. The van der Waals surface area contributed by atoms with Crippen LogP contribution >= 0.6 is 0 Å². The highest BCUT2D eigenvalue weighted by Gasteiger charge is 2.18. The topological polar surface area (TPSA) is 56.7 Å². The lowest BCUT2D eigenvalue weighted by Gasteiger charge is -2.28. The Bertz CT molecular complexity index is 247. The van der Waals surface area contributed by atoms with Crippen LogP contribution in [0.4, 0.5) is 0 Å². The first-order chi connectivity index (χ1) is 8.65. The molecular weight excluding hydrogens is 226 g/mol. The van der Waals surface area contributed by atoms with Crippen LogP contribution in [-0.2, 0) is 0 Å². The summed E-state index contributed by atoms with van der Waals surface area (Å²) in [4.78, 5) is 4.53. The molecule has 1 saturated carbocycles. The van der Waals surface area contributed by atoms with Crippen molar-refractivity contribution in [3.05, 3.63) is 0 Å². The van der Waals surface area contributed by atoms with Gasteiger partial charge in [0.15, 0.2) is 5.96 Å². The lowest BCUT2D eigenvalue weighted by molar-refractivity contribution is 0.241. The summed E-state index contributed by atoms with van der Waals surface area (Å²) in [6, 6.07) is 0.559. The maximum Gasteiger partial charge on any atom is 0.191 e. The monoisotopic (exact) mass is 255 g/mol. The van der Waals surface area contributed by atoms with E-state index < -0.39 is 0 Å². The highest BCUT2D eigenvalue weighted by atomic mass is 16.3. The average Bonchev–Trinajstić information content (AvgIpc) is 2.38. The fourth-order valence-electron chi connectivity index (χ4n) is 2.22. The van der Waals surface area contributed by atoms with Gasteiger partial charge in [0.25, 0.3) is 0 Å². The molecule has 4 heteroatoms. The van der Waals surface area contributed by atoms with Crippen molar-refractivity contribution >= 4 is 5.96 Å². The van der Waals surface area contributed by atoms with Gasteiger partial charge >= 0.3 is 0 Å². The standard InChI is InChI=1S/C14H29N3O/c1-4-15-14(16-9-12(3)10-18)17-13-7-5-11(2)6-8-13/h11-13,18H,4-10H2,1-3H3,(H2,15,16,17). The number of rotatable bonds is 5. The molecule has 1 fully saturated rings. The number of aliphatic hydroxyl groups is 1. The quantitative estimate of drug-likeness (QED) is 0.518. The van der Waals surface area contributed by atoms with Gasteiger partial charge in [-0.15, -0.1) is 0 Å². The van der Waals surface area contributed by atoms with E-state index in [1.54, 1.807) is 0 Å². The molecule has 1 aliphatic rings. The molecule has 0 saturated heterocycles. The van der Waals surface area contributed by atoms with Crippen LogP contribution in [0.5, 0.6) is 0 Å². The van der Waals surface area contributed by atoms with Crippen LogP contribution in [0.3, 0.4) is 0 Å². The fourth-order valence-corrected chi connectivity index (χ4v) is 2.22. The van der Waals surface area contributed by atoms with Crippen LogP contribution in [0.1, 0.15) is 46.5 Å². The molecule has 1 atom stereocenters. The van der Waals surface area contributed by atoms with Gasteiger partial charge in [-0.2, -0.15) is 0 Å². The Morgan fingerprint density at radius 2 is 2.00 bits per heavy atom. The summed E-state index contributed by atoms with van der Waals surface area (Å²) in [5.74, 6) is 2.00. The Labute approximate surface area is 111 Å². The summed E-state index contributed by atoms with van der Waals surface area (Å²) in [5, 5.41) is 15.8. The maximum absolute atomic E-state index is 9.02. The van der Waals surface area contributed by atoms with E-state index in [1.807, 2.05) is 6.92 Å². The van der Waals surface area contributed by atoms with Gasteiger partial charge in [0.05, 0.1) is 0 Å². The van der Waals surface area contributed by atoms with Crippen molar-refractivity contribution < 1.29 is 5.11 Å². The Balaban J connectivity index is 2.41. The number of aliphatic imine (C=N–C) groups is 1. The lowest BCUT2D eigenvalue weighted by atomic mass is 9.87. The first-order valence-corrected chi connectivity index (χ1v) is 7.31. The summed E-state index contributed by atoms with van der Waals surface area (Å²) in [6.45, 7) is 8.17. The number of hydrogen-bond donors (Lipinski definition) is 3. The summed E-state index contributed by atoms with van der Waals surface area (Å²) < 4.78 is 0. The molecule has 3 N–H and O–H groups in total. The Hall–Kier alpha value is -0.770. The molecule has 1 rings (SSSR count). The predicted molar refractivity (Wildman–Crippen MR) is 76.8 cm³/mol. The van der Waals surface area contributed by atoms with Crippen LogP contribution in [0.15, 0.2) is 4.99 Å². The zero-order valence-corrected chi connectivity index (χ0v) is 12.1. The number of nitrogens with zero attached hydrogens (tertiary/aromatic N) is 1. The molecule has 106 valence electrons. The summed E-state index contributed by atoms with van der Waals surface area (Å²) in [5.41, 5.74) is 0. The van der Waals surface area contributed by atoms with Crippen LogP contribution in [0.25, 0.3) is 0 Å². The van der Waals surface area contributed by atoms with Crippen molar-refractivity contribution in [2.24, 2.45) is 16.8 Å². The Kier molecular flexibility index (Phi) is 7.09. The SMILES string of the molecule is CCNC(=NCC(C)CO)NC1CCC(C)CC1. The molecule has 0 radical (unpaired) electrons. The second-order valence-electron chi connectivity index (χ2n) is 5.61. The van der Waals surface area contributed by atoms with Crippen LogP contribution in [0, 0.1) is 11.8 Å². The minimum Gasteiger partial charge on any atom is -0.396 e. The molecule has 0 spiro atoms. The summed E-state index contributed by atoms with van der Waals surface area (Å²) in [6.07, 6.45) is 5.09. The highest BCUT2D eigenvalue weighted by molar-refractivity contribution is 5.80. The van der Waals surface area contributed by atoms with E-state index in [4.69, 9.17) is 5.11 Å². The molecule has 0 aromatic rings. The van der Waals surface area contributed by atoms with Crippen molar-refractivity contribution in [3.63, 3.8) is 0 Å². The van der Waals surface area contributed by atoms with Crippen LogP contribution in [0.2, 0.25) is 0 Å². The molecule has 4 nitrogen and oxygen atoms in total. The van der Waals surface area contributed by atoms with Crippen molar-refractivity contribution in [2.45, 2.75) is 52.5 Å². The van der Waals surface area contributed by atoms with Gasteiger partial charge in [0.1, 0.15) is 0 Å². The number of aliphatic hydroxyl groups excluding tert-OH is 1. The molecule has 0 aromatic heterocycles. The van der Waals surface area contributed by atoms with Crippen LogP contribution in [-0.4, -0.2) is 36.8 Å². The maximum atomic E-state index is 9.02. The molecular formula is C14H29N3O. The predicted octanol–water partition coefficient (Wildman–Crippen LogP) is 1.75. The highest BCUT2D eigenvalue weighted by Crippen LogP contribution is 2.23. The molecule has 1 unspecified atom stereocenters. The first-order valence-electron chi connectivity index (χ1n) is 7.31. The van der Waals surface area contributed by atoms with Gasteiger partial charge in [-0.25, -0.2) is 0 Å². The molecule has 0 aromatic carbocycles. The zero-order chi connectivity index (χ0) is 13.4. The number of hydrogen-bond acceptors (Lipinski definition) is 2. The van der Waals surface area contributed by atoms with Crippen molar-refractivity contribution in [2.75, 3.05) is 19.7 Å². The normalized spacial score (nSPS) is 26.8. The lowest BCUT2D eigenvalue weighted by Crippen LogP contribution is -2.45. The van der Waals surface area contributed by atoms with Crippen molar-refractivity contribution in [1.82, 2.24) is 10.6 Å². The molecule has 0 bridgehead atoms. The van der Waals surface area contributed by atoms with E-state index in [2.05, 4.69) is 29.5 Å². The van der Waals surface area contributed by atoms with Crippen molar-refractivity contribution in [1.29, 1.82) is 0 Å². The summed E-state index contributed by atoms with van der Waals surface area (Å²) in [7, 11) is 0. The minimum absolute atomic E-state index is 0.198. The Morgan fingerprint density at radius 1 is 1.33 bits per heavy atom.